The van der Waals surface area contributed by atoms with Crippen LogP contribution < -0.4 is 4.74 Å². The minimum atomic E-state index is -4.73. The van der Waals surface area contributed by atoms with E-state index in [0.717, 1.165) is 19.3 Å². The Morgan fingerprint density at radius 3 is 2.60 bits per heavy atom. The second kappa shape index (κ2) is 4.79. The Morgan fingerprint density at radius 2 is 2.00 bits per heavy atom. The summed E-state index contributed by atoms with van der Waals surface area (Å²) < 4.78 is 40.4. The number of benzene rings is 1. The van der Waals surface area contributed by atoms with Gasteiger partial charge in [-0.05, 0) is 43.2 Å². The van der Waals surface area contributed by atoms with E-state index in [1.165, 1.54) is 24.6 Å². The topological polar surface area (TPSA) is 26.3 Å². The minimum absolute atomic E-state index is 0.0186. The first kappa shape index (κ1) is 13.5. The molecule has 0 amide bonds. The van der Waals surface area contributed by atoms with Crippen LogP contribution in [0.25, 0.3) is 0 Å². The average molecular weight is 284 g/mol. The number of rotatable bonds is 3. The fourth-order valence-corrected chi connectivity index (χ4v) is 3.63. The fraction of sp³-hybridized carbons (Fsp3) is 0.533. The molecule has 0 aliphatic heterocycles. The van der Waals surface area contributed by atoms with Crippen molar-refractivity contribution in [2.75, 3.05) is 0 Å². The Kier molecular flexibility index (Phi) is 3.22. The van der Waals surface area contributed by atoms with Gasteiger partial charge in [-0.2, -0.15) is 0 Å². The molecule has 2 fully saturated rings. The maximum atomic E-state index is 12.4. The molecule has 0 radical (unpaired) electrons. The van der Waals surface area contributed by atoms with E-state index in [1.54, 1.807) is 6.07 Å². The lowest BCUT2D eigenvalue weighted by molar-refractivity contribution is -0.274. The van der Waals surface area contributed by atoms with E-state index in [2.05, 4.69) is 4.74 Å². The monoisotopic (exact) mass is 284 g/mol. The second-order valence-corrected chi connectivity index (χ2v) is 5.72. The molecule has 108 valence electrons. The first-order valence-electron chi connectivity index (χ1n) is 6.82. The van der Waals surface area contributed by atoms with Gasteiger partial charge in [-0.15, -0.1) is 13.2 Å². The van der Waals surface area contributed by atoms with Gasteiger partial charge in [-0.25, -0.2) is 0 Å². The molecular formula is C15H15F3O2. The molecule has 0 heterocycles. The van der Waals surface area contributed by atoms with E-state index < -0.39 is 6.36 Å². The highest BCUT2D eigenvalue weighted by Crippen LogP contribution is 2.49. The molecule has 3 rings (SSSR count). The van der Waals surface area contributed by atoms with Crippen LogP contribution >= 0.6 is 0 Å². The van der Waals surface area contributed by atoms with Crippen molar-refractivity contribution in [2.45, 2.75) is 32.0 Å². The summed E-state index contributed by atoms with van der Waals surface area (Å²) in [6.07, 6.45) is -0.497. The van der Waals surface area contributed by atoms with E-state index in [0.29, 0.717) is 17.4 Å². The van der Waals surface area contributed by atoms with Crippen molar-refractivity contribution in [3.63, 3.8) is 0 Å². The summed E-state index contributed by atoms with van der Waals surface area (Å²) in [6, 6.07) is 5.41. The van der Waals surface area contributed by atoms with Gasteiger partial charge in [0.1, 0.15) is 5.75 Å². The molecule has 0 aromatic heterocycles. The molecule has 5 heteroatoms. The van der Waals surface area contributed by atoms with Gasteiger partial charge in [-0.1, -0.05) is 18.6 Å². The van der Waals surface area contributed by atoms with E-state index >= 15 is 0 Å². The van der Waals surface area contributed by atoms with Gasteiger partial charge in [0.15, 0.2) is 5.78 Å². The van der Waals surface area contributed by atoms with Crippen molar-refractivity contribution in [1.82, 2.24) is 0 Å². The third kappa shape index (κ3) is 2.67. The SMILES string of the molecule is O=C(c1cccc(OC(F)(F)F)c1)C1CC2CCC1C2. The highest BCUT2D eigenvalue weighted by molar-refractivity contribution is 5.98. The molecule has 0 spiro atoms. The maximum Gasteiger partial charge on any atom is 0.573 e. The number of halogens is 3. The molecular weight excluding hydrogens is 269 g/mol. The molecule has 20 heavy (non-hydrogen) atoms. The van der Waals surface area contributed by atoms with Gasteiger partial charge in [0, 0.05) is 11.5 Å². The Hall–Kier alpha value is -1.52. The third-order valence-electron chi connectivity index (χ3n) is 4.43. The standard InChI is InChI=1S/C15H15F3O2/c16-15(17,18)20-12-3-1-2-11(8-12)14(19)13-7-9-4-5-10(13)6-9/h1-3,8-10,13H,4-7H2. The molecule has 3 atom stereocenters. The van der Waals surface area contributed by atoms with Crippen LogP contribution in [0.2, 0.25) is 0 Å². The lowest BCUT2D eigenvalue weighted by atomic mass is 9.83. The van der Waals surface area contributed by atoms with Crippen LogP contribution in [0.3, 0.4) is 0 Å². The minimum Gasteiger partial charge on any atom is -0.406 e. The van der Waals surface area contributed by atoms with Crippen LogP contribution in [0.15, 0.2) is 24.3 Å². The summed E-state index contributed by atoms with van der Waals surface area (Å²) in [7, 11) is 0. The van der Waals surface area contributed by atoms with Crippen molar-refractivity contribution < 1.29 is 22.7 Å². The number of hydrogen-bond acceptors (Lipinski definition) is 2. The van der Waals surface area contributed by atoms with Crippen LogP contribution in [0.1, 0.15) is 36.0 Å². The van der Waals surface area contributed by atoms with Crippen LogP contribution in [-0.4, -0.2) is 12.1 Å². The fourth-order valence-electron chi connectivity index (χ4n) is 3.63. The van der Waals surface area contributed by atoms with Gasteiger partial charge in [0.2, 0.25) is 0 Å². The molecule has 2 aliphatic rings. The van der Waals surface area contributed by atoms with E-state index in [4.69, 9.17) is 0 Å². The predicted octanol–water partition coefficient (Wildman–Crippen LogP) is 4.20. The number of hydrogen-bond donors (Lipinski definition) is 0. The highest BCUT2D eigenvalue weighted by atomic mass is 19.4. The zero-order valence-electron chi connectivity index (χ0n) is 10.8. The second-order valence-electron chi connectivity index (χ2n) is 5.72. The summed E-state index contributed by atoms with van der Waals surface area (Å²) in [4.78, 5) is 12.4. The van der Waals surface area contributed by atoms with Gasteiger partial charge >= 0.3 is 6.36 Å². The van der Waals surface area contributed by atoms with Crippen molar-refractivity contribution in [3.8, 4) is 5.75 Å². The maximum absolute atomic E-state index is 12.4. The molecule has 3 unspecified atom stereocenters. The van der Waals surface area contributed by atoms with Crippen LogP contribution in [0.4, 0.5) is 13.2 Å². The van der Waals surface area contributed by atoms with Gasteiger partial charge in [0.25, 0.3) is 0 Å². The quantitative estimate of drug-likeness (QED) is 0.777. The summed E-state index contributed by atoms with van der Waals surface area (Å²) in [5.74, 6) is 0.662. The van der Waals surface area contributed by atoms with E-state index in [-0.39, 0.29) is 17.5 Å². The van der Waals surface area contributed by atoms with E-state index in [1.807, 2.05) is 0 Å². The molecule has 2 aliphatic carbocycles. The van der Waals surface area contributed by atoms with Crippen molar-refractivity contribution in [1.29, 1.82) is 0 Å². The number of fused-ring (bicyclic) bond motifs is 2. The highest BCUT2D eigenvalue weighted by Gasteiger charge is 2.43. The molecule has 2 nitrogen and oxygen atoms in total. The van der Waals surface area contributed by atoms with Crippen LogP contribution in [0.5, 0.6) is 5.75 Å². The molecule has 2 bridgehead atoms. The first-order chi connectivity index (χ1) is 9.42. The van der Waals surface area contributed by atoms with Gasteiger partial charge in [-0.3, -0.25) is 4.79 Å². The molecule has 0 N–H and O–H groups in total. The molecule has 1 aromatic rings. The zero-order chi connectivity index (χ0) is 14.3. The number of carbonyl (C=O) groups excluding carboxylic acids is 1. The number of carbonyl (C=O) groups is 1. The van der Waals surface area contributed by atoms with Crippen LogP contribution in [0, 0.1) is 17.8 Å². The lowest BCUT2D eigenvalue weighted by Gasteiger charge is -2.20. The Morgan fingerprint density at radius 1 is 1.20 bits per heavy atom. The Balaban J connectivity index is 1.77. The third-order valence-corrected chi connectivity index (χ3v) is 4.43. The number of ketones is 1. The largest absolute Gasteiger partial charge is 0.573 e. The normalized spacial score (nSPS) is 28.6. The molecule has 0 saturated heterocycles. The van der Waals surface area contributed by atoms with Gasteiger partial charge < -0.3 is 4.74 Å². The smallest absolute Gasteiger partial charge is 0.406 e. The zero-order valence-corrected chi connectivity index (χ0v) is 10.8. The average Bonchev–Trinajstić information content (AvgIpc) is 2.98. The Bertz CT molecular complexity index is 524. The van der Waals surface area contributed by atoms with Crippen LogP contribution in [-0.2, 0) is 0 Å². The lowest BCUT2D eigenvalue weighted by Crippen LogP contribution is -2.21. The van der Waals surface area contributed by atoms with Crippen molar-refractivity contribution >= 4 is 5.78 Å². The summed E-state index contributed by atoms with van der Waals surface area (Å²) in [5, 5.41) is 0. The number of alkyl halides is 3. The molecule has 1 aromatic carbocycles. The summed E-state index contributed by atoms with van der Waals surface area (Å²) in [5.41, 5.74) is 0.323. The number of Topliss-reactive ketones (excluding diaryl/α,β-unsaturated/α-hetero) is 1. The van der Waals surface area contributed by atoms with E-state index in [9.17, 15) is 18.0 Å². The summed E-state index contributed by atoms with van der Waals surface area (Å²) >= 11 is 0. The summed E-state index contributed by atoms with van der Waals surface area (Å²) in [6.45, 7) is 0. The first-order valence-corrected chi connectivity index (χ1v) is 6.82. The molecule has 2 saturated carbocycles. The number of ether oxygens (including phenoxy) is 1. The van der Waals surface area contributed by atoms with Crippen molar-refractivity contribution in [2.24, 2.45) is 17.8 Å². The van der Waals surface area contributed by atoms with Gasteiger partial charge in [0.05, 0.1) is 0 Å². The predicted molar refractivity (Wildman–Crippen MR) is 66.4 cm³/mol. The van der Waals surface area contributed by atoms with Crippen molar-refractivity contribution in [3.05, 3.63) is 29.8 Å². The Labute approximate surface area is 114 Å².